The van der Waals surface area contributed by atoms with E-state index in [2.05, 4.69) is 111 Å². The lowest BCUT2D eigenvalue weighted by molar-refractivity contribution is -0.0317. The van der Waals surface area contributed by atoms with Gasteiger partial charge >= 0.3 is 0 Å². The Hall–Kier alpha value is 0. The smallest absolute Gasteiger partial charge is 0.0229 e. The predicted octanol–water partition coefficient (Wildman–Crippen LogP) is 10.4. The maximum Gasteiger partial charge on any atom is -0.0229 e. The number of hydrogen-bond donors (Lipinski definition) is 0. The molecule has 27 heavy (non-hydrogen) atoms. The van der Waals surface area contributed by atoms with Gasteiger partial charge < -0.3 is 0 Å². The number of rotatable bonds is 5. The van der Waals surface area contributed by atoms with Gasteiger partial charge in [0.2, 0.25) is 0 Å². The molecule has 0 aliphatic rings. The highest BCUT2D eigenvalue weighted by Gasteiger charge is 2.46. The van der Waals surface area contributed by atoms with Gasteiger partial charge in [-0.2, -0.15) is 0 Å². The molecular formula is C27H60. The minimum atomic E-state index is 0.381. The molecule has 0 bridgehead atoms. The average Bonchev–Trinajstić information content (AvgIpc) is 2.53. The van der Waals surface area contributed by atoms with Crippen LogP contribution in [-0.2, 0) is 0 Å². The Labute approximate surface area is 176 Å². The molecule has 0 spiro atoms. The quantitative estimate of drug-likeness (QED) is 0.442. The van der Waals surface area contributed by atoms with Gasteiger partial charge in [-0.1, -0.05) is 137 Å². The van der Waals surface area contributed by atoms with E-state index in [1.54, 1.807) is 0 Å². The summed E-state index contributed by atoms with van der Waals surface area (Å²) >= 11 is 0. The second-order valence-corrected chi connectivity index (χ2v) is 12.3. The Morgan fingerprint density at radius 1 is 0.407 bits per heavy atom. The van der Waals surface area contributed by atoms with E-state index in [-0.39, 0.29) is 0 Å². The molecule has 168 valence electrons. The van der Waals surface area contributed by atoms with Gasteiger partial charge in [-0.25, -0.2) is 0 Å². The summed E-state index contributed by atoms with van der Waals surface area (Å²) in [5.74, 6) is 0. The molecule has 1 unspecified atom stereocenters. The minimum Gasteiger partial charge on any atom is -0.0683 e. The minimum absolute atomic E-state index is 0.381. The van der Waals surface area contributed by atoms with Gasteiger partial charge in [0.05, 0.1) is 0 Å². The molecule has 0 rings (SSSR count). The molecule has 0 amide bonds. The van der Waals surface area contributed by atoms with E-state index in [0.717, 1.165) is 0 Å². The summed E-state index contributed by atoms with van der Waals surface area (Å²) in [5.41, 5.74) is 2.43. The first kappa shape index (κ1) is 31.7. The lowest BCUT2D eigenvalue weighted by atomic mass is 9.52. The zero-order valence-electron chi connectivity index (χ0n) is 23.1. The topological polar surface area (TPSA) is 0 Å². The Balaban J connectivity index is -0.000000391. The van der Waals surface area contributed by atoms with Crippen molar-refractivity contribution in [2.45, 2.75) is 144 Å². The molecule has 0 heteroatoms. The van der Waals surface area contributed by atoms with E-state index in [0.29, 0.717) is 32.5 Å². The molecular weight excluding hydrogens is 324 g/mol. The standard InChI is InChI=1S/C13H28.C12H26.C2H6/c1-9-12(6,7)13(8,10-2)11(3,4)5;1-9-11(5,6)12(7,8)10(2,3)4;1-2/h9-10H2,1-8H3;9H2,1-8H3;1-2H3. The fourth-order valence-corrected chi connectivity index (χ4v) is 3.87. The second kappa shape index (κ2) is 10.7. The largest absolute Gasteiger partial charge is 0.0683 e. The fraction of sp³-hybridized carbons (Fsp3) is 1.00. The molecule has 0 heterocycles. The van der Waals surface area contributed by atoms with E-state index < -0.39 is 0 Å². The zero-order chi connectivity index (χ0) is 23.1. The molecule has 0 aliphatic carbocycles. The molecule has 0 nitrogen and oxygen atoms in total. The molecule has 0 saturated carbocycles. The van der Waals surface area contributed by atoms with Gasteiger partial charge in [-0.3, -0.25) is 0 Å². The van der Waals surface area contributed by atoms with Crippen molar-refractivity contribution < 1.29 is 0 Å². The van der Waals surface area contributed by atoms with E-state index in [1.807, 2.05) is 13.8 Å². The zero-order valence-corrected chi connectivity index (χ0v) is 23.1. The molecule has 0 radical (unpaired) electrons. The third-order valence-corrected chi connectivity index (χ3v) is 9.19. The average molecular weight is 385 g/mol. The van der Waals surface area contributed by atoms with Crippen molar-refractivity contribution >= 4 is 0 Å². The fourth-order valence-electron chi connectivity index (χ4n) is 3.87. The molecule has 0 aromatic rings. The van der Waals surface area contributed by atoms with Gasteiger partial charge in [0.15, 0.2) is 0 Å². The first-order valence-electron chi connectivity index (χ1n) is 11.7. The summed E-state index contributed by atoms with van der Waals surface area (Å²) in [7, 11) is 0. The second-order valence-electron chi connectivity index (χ2n) is 12.3. The van der Waals surface area contributed by atoms with Gasteiger partial charge in [0.25, 0.3) is 0 Å². The van der Waals surface area contributed by atoms with Crippen LogP contribution in [0.25, 0.3) is 0 Å². The molecule has 1 atom stereocenters. The third-order valence-electron chi connectivity index (χ3n) is 9.19. The Morgan fingerprint density at radius 3 is 0.778 bits per heavy atom. The molecule has 0 aromatic heterocycles. The number of hydrogen-bond acceptors (Lipinski definition) is 0. The van der Waals surface area contributed by atoms with Crippen LogP contribution in [0.15, 0.2) is 0 Å². The van der Waals surface area contributed by atoms with Crippen LogP contribution < -0.4 is 0 Å². The van der Waals surface area contributed by atoms with Crippen molar-refractivity contribution in [1.82, 2.24) is 0 Å². The Morgan fingerprint density at radius 2 is 0.704 bits per heavy atom. The van der Waals surface area contributed by atoms with Gasteiger partial charge in [-0.15, -0.1) is 0 Å². The highest BCUT2D eigenvalue weighted by Crippen LogP contribution is 2.55. The highest BCUT2D eigenvalue weighted by molar-refractivity contribution is 4.96. The van der Waals surface area contributed by atoms with E-state index >= 15 is 0 Å². The van der Waals surface area contributed by atoms with Crippen molar-refractivity contribution in [2.75, 3.05) is 0 Å². The maximum absolute atomic E-state index is 2.44. The molecule has 0 aliphatic heterocycles. The first-order chi connectivity index (χ1) is 11.7. The first-order valence-corrected chi connectivity index (χ1v) is 11.7. The van der Waals surface area contributed by atoms with Crippen LogP contribution >= 0.6 is 0 Å². The summed E-state index contributed by atoms with van der Waals surface area (Å²) in [6, 6.07) is 0. The Bertz CT molecular complexity index is 381. The third kappa shape index (κ3) is 7.40. The van der Waals surface area contributed by atoms with Crippen molar-refractivity contribution in [2.24, 2.45) is 32.5 Å². The summed E-state index contributed by atoms with van der Waals surface area (Å²) in [6.07, 6.45) is 3.77. The highest BCUT2D eigenvalue weighted by atomic mass is 14.5. The van der Waals surface area contributed by atoms with E-state index in [1.165, 1.54) is 19.3 Å². The van der Waals surface area contributed by atoms with Crippen LogP contribution in [0.4, 0.5) is 0 Å². The summed E-state index contributed by atoms with van der Waals surface area (Å²) < 4.78 is 0. The predicted molar refractivity (Wildman–Crippen MR) is 131 cm³/mol. The lowest BCUT2D eigenvalue weighted by Gasteiger charge is -2.52. The van der Waals surface area contributed by atoms with Crippen LogP contribution in [0, 0.1) is 32.5 Å². The summed E-state index contributed by atoms with van der Waals surface area (Å²) in [4.78, 5) is 0. The van der Waals surface area contributed by atoms with Gasteiger partial charge in [0.1, 0.15) is 0 Å². The molecule has 0 N–H and O–H groups in total. The molecule has 0 saturated heterocycles. The van der Waals surface area contributed by atoms with E-state index in [4.69, 9.17) is 0 Å². The maximum atomic E-state index is 2.44. The van der Waals surface area contributed by atoms with Crippen LogP contribution in [0.5, 0.6) is 0 Å². The molecule has 0 fully saturated rings. The monoisotopic (exact) mass is 384 g/mol. The van der Waals surface area contributed by atoms with Crippen LogP contribution in [-0.4, -0.2) is 0 Å². The van der Waals surface area contributed by atoms with Crippen LogP contribution in [0.3, 0.4) is 0 Å². The summed E-state index contributed by atoms with van der Waals surface area (Å²) in [5, 5.41) is 0. The lowest BCUT2D eigenvalue weighted by Crippen LogP contribution is -2.44. The van der Waals surface area contributed by atoms with Gasteiger partial charge in [0, 0.05) is 0 Å². The van der Waals surface area contributed by atoms with Crippen molar-refractivity contribution in [3.63, 3.8) is 0 Å². The molecule has 0 aromatic carbocycles. The van der Waals surface area contributed by atoms with Crippen LogP contribution in [0.2, 0.25) is 0 Å². The van der Waals surface area contributed by atoms with Crippen LogP contribution in [0.1, 0.15) is 144 Å². The Kier molecular flexibility index (Phi) is 12.5. The van der Waals surface area contributed by atoms with Crippen molar-refractivity contribution in [3.8, 4) is 0 Å². The normalized spacial score (nSPS) is 15.8. The SMILES string of the molecule is CC.CCC(C)(C)C(C)(C)C(C)(C)C.CCC(C)(C)C(C)(CC)C(C)(C)C. The van der Waals surface area contributed by atoms with Gasteiger partial charge in [-0.05, 0) is 38.9 Å². The van der Waals surface area contributed by atoms with Crippen molar-refractivity contribution in [1.29, 1.82) is 0 Å². The van der Waals surface area contributed by atoms with Crippen molar-refractivity contribution in [3.05, 3.63) is 0 Å². The summed E-state index contributed by atoms with van der Waals surface area (Å²) in [6.45, 7) is 41.8. The van der Waals surface area contributed by atoms with E-state index in [9.17, 15) is 0 Å².